The van der Waals surface area contributed by atoms with Crippen LogP contribution in [0.3, 0.4) is 0 Å². The summed E-state index contributed by atoms with van der Waals surface area (Å²) in [6.45, 7) is 1.92. The number of aryl methyl sites for hydroxylation is 1. The van der Waals surface area contributed by atoms with Crippen molar-refractivity contribution in [1.29, 1.82) is 0 Å². The molecule has 0 saturated heterocycles. The van der Waals surface area contributed by atoms with Gasteiger partial charge >= 0.3 is 5.97 Å². The molecule has 5 heteroatoms. The summed E-state index contributed by atoms with van der Waals surface area (Å²) in [6, 6.07) is 1.62. The van der Waals surface area contributed by atoms with E-state index in [0.29, 0.717) is 22.5 Å². The molecule has 0 aliphatic carbocycles. The lowest BCUT2D eigenvalue weighted by molar-refractivity contribution is -0.136. The third-order valence-electron chi connectivity index (χ3n) is 1.44. The molecule has 0 atom stereocenters. The molecule has 0 aromatic carbocycles. The van der Waals surface area contributed by atoms with E-state index >= 15 is 0 Å². The lowest BCUT2D eigenvalue weighted by atomic mass is 10.3. The fourth-order valence-electron chi connectivity index (χ4n) is 0.920. The van der Waals surface area contributed by atoms with Crippen molar-refractivity contribution in [3.05, 3.63) is 22.2 Å². The third-order valence-corrected chi connectivity index (χ3v) is 1.85. The van der Waals surface area contributed by atoms with Crippen LogP contribution in [-0.4, -0.2) is 21.0 Å². The van der Waals surface area contributed by atoms with E-state index in [9.17, 15) is 4.79 Å². The van der Waals surface area contributed by atoms with Gasteiger partial charge in [0.2, 0.25) is 0 Å². The second kappa shape index (κ2) is 4.32. The Balaban J connectivity index is 2.94. The van der Waals surface area contributed by atoms with Gasteiger partial charge in [0.25, 0.3) is 0 Å². The molecule has 1 aromatic heterocycles. The van der Waals surface area contributed by atoms with Crippen LogP contribution in [-0.2, 0) is 17.6 Å². The van der Waals surface area contributed by atoms with Crippen molar-refractivity contribution >= 4 is 21.9 Å². The number of aliphatic carboxylic acids is 1. The molecule has 0 saturated carbocycles. The highest BCUT2D eigenvalue weighted by Gasteiger charge is 2.05. The molecule has 0 aliphatic rings. The predicted octanol–water partition coefficient (Wildman–Crippen LogP) is 1.43. The van der Waals surface area contributed by atoms with Crippen LogP contribution < -0.4 is 0 Å². The lowest BCUT2D eigenvalue weighted by Crippen LogP contribution is -2.05. The summed E-state index contributed by atoms with van der Waals surface area (Å²) in [7, 11) is 0. The highest BCUT2D eigenvalue weighted by molar-refractivity contribution is 9.10. The van der Waals surface area contributed by atoms with Gasteiger partial charge in [-0.05, 0) is 22.0 Å². The van der Waals surface area contributed by atoms with Gasteiger partial charge in [-0.25, -0.2) is 9.97 Å². The molecule has 13 heavy (non-hydrogen) atoms. The molecule has 0 fully saturated rings. The zero-order valence-electron chi connectivity index (χ0n) is 7.12. The maximum absolute atomic E-state index is 10.4. The topological polar surface area (TPSA) is 63.1 Å². The van der Waals surface area contributed by atoms with Gasteiger partial charge in [0.1, 0.15) is 10.4 Å². The Morgan fingerprint density at radius 1 is 1.62 bits per heavy atom. The van der Waals surface area contributed by atoms with Crippen molar-refractivity contribution in [2.75, 3.05) is 0 Å². The first-order chi connectivity index (χ1) is 6.11. The maximum Gasteiger partial charge on any atom is 0.309 e. The third kappa shape index (κ3) is 3.10. The quantitative estimate of drug-likeness (QED) is 0.818. The number of rotatable bonds is 3. The number of aromatic nitrogens is 2. The van der Waals surface area contributed by atoms with E-state index < -0.39 is 5.97 Å². The van der Waals surface area contributed by atoms with Gasteiger partial charge in [-0.15, -0.1) is 0 Å². The zero-order valence-corrected chi connectivity index (χ0v) is 8.71. The molecule has 0 radical (unpaired) electrons. The number of halogens is 1. The molecule has 0 unspecified atom stereocenters. The smallest absolute Gasteiger partial charge is 0.309 e. The largest absolute Gasteiger partial charge is 0.481 e. The Labute approximate surface area is 84.2 Å². The van der Waals surface area contributed by atoms with Crippen LogP contribution in [0.15, 0.2) is 10.7 Å². The second-order valence-corrected chi connectivity index (χ2v) is 3.33. The van der Waals surface area contributed by atoms with Crippen LogP contribution in [0.5, 0.6) is 0 Å². The van der Waals surface area contributed by atoms with Crippen LogP contribution in [0.1, 0.15) is 18.4 Å². The summed E-state index contributed by atoms with van der Waals surface area (Å²) in [6.07, 6.45) is 0.639. The summed E-state index contributed by atoms with van der Waals surface area (Å²) >= 11 is 3.20. The Bertz CT molecular complexity index is 328. The number of hydrogen-bond acceptors (Lipinski definition) is 3. The summed E-state index contributed by atoms with van der Waals surface area (Å²) in [5, 5.41) is 8.55. The van der Waals surface area contributed by atoms with Crippen LogP contribution in [0.4, 0.5) is 0 Å². The normalized spacial score (nSPS) is 10.0. The van der Waals surface area contributed by atoms with Crippen LogP contribution in [0, 0.1) is 0 Å². The summed E-state index contributed by atoms with van der Waals surface area (Å²) < 4.78 is 0.635. The van der Waals surface area contributed by atoms with Gasteiger partial charge in [0, 0.05) is 6.42 Å². The fourth-order valence-corrected chi connectivity index (χ4v) is 1.39. The number of carbonyl (C=O) groups is 1. The first-order valence-corrected chi connectivity index (χ1v) is 4.65. The van der Waals surface area contributed by atoms with Crippen molar-refractivity contribution in [3.63, 3.8) is 0 Å². The Kier molecular flexibility index (Phi) is 3.36. The molecule has 0 amide bonds. The van der Waals surface area contributed by atoms with Crippen molar-refractivity contribution in [3.8, 4) is 0 Å². The molecule has 1 rings (SSSR count). The van der Waals surface area contributed by atoms with Gasteiger partial charge in [-0.2, -0.15) is 0 Å². The second-order valence-electron chi connectivity index (χ2n) is 2.52. The number of hydrogen-bond donors (Lipinski definition) is 1. The van der Waals surface area contributed by atoms with E-state index in [1.54, 1.807) is 6.07 Å². The monoisotopic (exact) mass is 244 g/mol. The van der Waals surface area contributed by atoms with Crippen LogP contribution in [0.25, 0.3) is 0 Å². The van der Waals surface area contributed by atoms with E-state index in [4.69, 9.17) is 5.11 Å². The van der Waals surface area contributed by atoms with Crippen LogP contribution in [0.2, 0.25) is 0 Å². The van der Waals surface area contributed by atoms with Gasteiger partial charge in [-0.3, -0.25) is 4.79 Å². The van der Waals surface area contributed by atoms with E-state index in [1.165, 1.54) is 0 Å². The average Bonchev–Trinajstić information content (AvgIpc) is 2.01. The van der Waals surface area contributed by atoms with E-state index in [2.05, 4.69) is 25.9 Å². The first-order valence-electron chi connectivity index (χ1n) is 3.86. The Hall–Kier alpha value is -0.970. The van der Waals surface area contributed by atoms with Gasteiger partial charge < -0.3 is 5.11 Å². The highest BCUT2D eigenvalue weighted by atomic mass is 79.9. The van der Waals surface area contributed by atoms with Crippen molar-refractivity contribution in [2.45, 2.75) is 19.8 Å². The maximum atomic E-state index is 10.4. The van der Waals surface area contributed by atoms with E-state index in [1.807, 2.05) is 6.92 Å². The zero-order chi connectivity index (χ0) is 9.84. The molecule has 1 N–H and O–H groups in total. The highest BCUT2D eigenvalue weighted by Crippen LogP contribution is 2.09. The van der Waals surface area contributed by atoms with E-state index in [-0.39, 0.29) is 6.42 Å². The fraction of sp³-hybridized carbons (Fsp3) is 0.375. The Morgan fingerprint density at radius 3 is 2.85 bits per heavy atom. The lowest BCUT2D eigenvalue weighted by Gasteiger charge is -2.00. The summed E-state index contributed by atoms with van der Waals surface area (Å²) in [5.41, 5.74) is 0.534. The molecule has 1 heterocycles. The van der Waals surface area contributed by atoms with Crippen molar-refractivity contribution < 1.29 is 9.90 Å². The molecule has 1 aromatic rings. The minimum atomic E-state index is -0.882. The standard InChI is InChI=1S/C8H9BrN2O2/c1-2-7-10-5(4-8(12)13)3-6(9)11-7/h3H,2,4H2,1H3,(H,12,13). The van der Waals surface area contributed by atoms with Crippen molar-refractivity contribution in [2.24, 2.45) is 0 Å². The van der Waals surface area contributed by atoms with Crippen LogP contribution >= 0.6 is 15.9 Å². The van der Waals surface area contributed by atoms with E-state index in [0.717, 1.165) is 0 Å². The predicted molar refractivity (Wildman–Crippen MR) is 50.4 cm³/mol. The molecule has 0 aliphatic heterocycles. The van der Waals surface area contributed by atoms with Gasteiger partial charge in [0.15, 0.2) is 0 Å². The molecular weight excluding hydrogens is 236 g/mol. The summed E-state index contributed by atoms with van der Waals surface area (Å²) in [4.78, 5) is 18.5. The summed E-state index contributed by atoms with van der Waals surface area (Å²) in [5.74, 6) is -0.224. The molecule has 0 bridgehead atoms. The van der Waals surface area contributed by atoms with Gasteiger partial charge in [0.05, 0.1) is 12.1 Å². The SMILES string of the molecule is CCc1nc(Br)cc(CC(=O)O)n1. The first kappa shape index (κ1) is 10.1. The number of carboxylic acids is 1. The minimum absolute atomic E-state index is 0.0614. The average molecular weight is 245 g/mol. The molecule has 0 spiro atoms. The van der Waals surface area contributed by atoms with Gasteiger partial charge in [-0.1, -0.05) is 6.92 Å². The van der Waals surface area contributed by atoms with Crippen molar-refractivity contribution in [1.82, 2.24) is 9.97 Å². The molecule has 70 valence electrons. The Morgan fingerprint density at radius 2 is 2.31 bits per heavy atom. The molecular formula is C8H9BrN2O2. The minimum Gasteiger partial charge on any atom is -0.481 e. The number of carboxylic acid groups (broad SMARTS) is 1. The molecule has 4 nitrogen and oxygen atoms in total. The number of nitrogens with zero attached hydrogens (tertiary/aromatic N) is 2.